The average molecular weight is 278 g/mol. The van der Waals surface area contributed by atoms with E-state index in [0.29, 0.717) is 18.7 Å². The number of aryl methyl sites for hydroxylation is 1. The van der Waals surface area contributed by atoms with Crippen LogP contribution in [-0.4, -0.2) is 36.7 Å². The third-order valence-corrected chi connectivity index (χ3v) is 4.74. The van der Waals surface area contributed by atoms with E-state index in [1.54, 1.807) is 6.07 Å². The van der Waals surface area contributed by atoms with E-state index in [1.807, 2.05) is 13.0 Å². The number of nitrogens with two attached hydrogens (primary N) is 1. The van der Waals surface area contributed by atoms with Crippen molar-refractivity contribution >= 4 is 0 Å². The smallest absolute Gasteiger partial charge is 0.123 e. The normalized spacial score (nSPS) is 28.4. The second-order valence-electron chi connectivity index (χ2n) is 5.90. The van der Waals surface area contributed by atoms with Crippen LogP contribution < -0.4 is 5.73 Å². The van der Waals surface area contributed by atoms with Crippen molar-refractivity contribution in [2.45, 2.75) is 44.4 Å². The molecule has 0 radical (unpaired) electrons. The Kier molecular flexibility index (Phi) is 4.06. The average Bonchev–Trinajstić information content (AvgIpc) is 2.91. The maximum absolute atomic E-state index is 13.3. The summed E-state index contributed by atoms with van der Waals surface area (Å²) in [5.41, 5.74) is 8.19. The molecule has 1 saturated heterocycles. The summed E-state index contributed by atoms with van der Waals surface area (Å²) in [4.78, 5) is 2.49. The fourth-order valence-electron chi connectivity index (χ4n) is 3.80. The van der Waals surface area contributed by atoms with Crippen LogP contribution >= 0.6 is 0 Å². The summed E-state index contributed by atoms with van der Waals surface area (Å²) < 4.78 is 19.2. The van der Waals surface area contributed by atoms with Gasteiger partial charge in [0.05, 0.1) is 12.7 Å². The first-order chi connectivity index (χ1) is 9.70. The van der Waals surface area contributed by atoms with Crippen LogP contribution in [0.2, 0.25) is 0 Å². The maximum Gasteiger partial charge on any atom is 0.123 e. The van der Waals surface area contributed by atoms with E-state index in [1.165, 1.54) is 18.9 Å². The Morgan fingerprint density at radius 2 is 2.30 bits per heavy atom. The number of rotatable bonds is 3. The molecule has 1 aromatic carbocycles. The molecule has 2 aliphatic rings. The Hall–Kier alpha value is -0.970. The minimum absolute atomic E-state index is 0.171. The van der Waals surface area contributed by atoms with Crippen LogP contribution in [-0.2, 0) is 4.74 Å². The first kappa shape index (κ1) is 14.0. The van der Waals surface area contributed by atoms with Crippen molar-refractivity contribution in [1.29, 1.82) is 0 Å². The van der Waals surface area contributed by atoms with Gasteiger partial charge < -0.3 is 10.5 Å². The summed E-state index contributed by atoms with van der Waals surface area (Å²) in [6.07, 6.45) is 3.92. The predicted molar refractivity (Wildman–Crippen MR) is 77.0 cm³/mol. The van der Waals surface area contributed by atoms with Crippen molar-refractivity contribution in [1.82, 2.24) is 4.90 Å². The Morgan fingerprint density at radius 3 is 3.05 bits per heavy atom. The van der Waals surface area contributed by atoms with Gasteiger partial charge in [-0.25, -0.2) is 4.39 Å². The first-order valence-corrected chi connectivity index (χ1v) is 7.54. The van der Waals surface area contributed by atoms with Crippen molar-refractivity contribution in [2.75, 3.05) is 19.7 Å². The SMILES string of the molecule is Cc1cc(F)ccc1C(CN)N1CCOC2CCCC21. The minimum Gasteiger partial charge on any atom is -0.375 e. The highest BCUT2D eigenvalue weighted by Gasteiger charge is 2.39. The molecule has 2 N–H and O–H groups in total. The molecular formula is C16H23FN2O. The van der Waals surface area contributed by atoms with E-state index in [2.05, 4.69) is 4.90 Å². The van der Waals surface area contributed by atoms with Gasteiger partial charge in [-0.3, -0.25) is 4.90 Å². The molecule has 3 unspecified atom stereocenters. The monoisotopic (exact) mass is 278 g/mol. The lowest BCUT2D eigenvalue weighted by molar-refractivity contribution is -0.0712. The van der Waals surface area contributed by atoms with Gasteiger partial charge in [0.15, 0.2) is 0 Å². The third kappa shape index (κ3) is 2.48. The number of ether oxygens (including phenoxy) is 1. The van der Waals surface area contributed by atoms with Gasteiger partial charge in [-0.1, -0.05) is 6.07 Å². The summed E-state index contributed by atoms with van der Waals surface area (Å²) in [5.74, 6) is -0.178. The van der Waals surface area contributed by atoms with Gasteiger partial charge in [-0.05, 0) is 49.4 Å². The number of morpholine rings is 1. The summed E-state index contributed by atoms with van der Waals surface area (Å²) in [6, 6.07) is 5.68. The number of halogens is 1. The van der Waals surface area contributed by atoms with Crippen molar-refractivity contribution < 1.29 is 9.13 Å². The Labute approximate surface area is 119 Å². The van der Waals surface area contributed by atoms with Crippen LogP contribution in [0.25, 0.3) is 0 Å². The second kappa shape index (κ2) is 5.80. The fourth-order valence-corrected chi connectivity index (χ4v) is 3.80. The number of benzene rings is 1. The zero-order chi connectivity index (χ0) is 14.1. The Bertz CT molecular complexity index is 480. The van der Waals surface area contributed by atoms with Crippen LogP contribution in [0.1, 0.15) is 36.4 Å². The molecule has 20 heavy (non-hydrogen) atoms. The molecule has 1 aliphatic heterocycles. The molecule has 1 aliphatic carbocycles. The molecule has 1 heterocycles. The molecule has 110 valence electrons. The lowest BCUT2D eigenvalue weighted by Crippen LogP contribution is -2.51. The molecule has 0 aromatic heterocycles. The van der Waals surface area contributed by atoms with E-state index in [9.17, 15) is 4.39 Å². The molecule has 3 rings (SSSR count). The molecule has 1 saturated carbocycles. The van der Waals surface area contributed by atoms with Crippen molar-refractivity contribution in [2.24, 2.45) is 5.73 Å². The molecule has 1 aromatic rings. The molecule has 0 amide bonds. The van der Waals surface area contributed by atoms with Gasteiger partial charge >= 0.3 is 0 Å². The van der Waals surface area contributed by atoms with E-state index in [0.717, 1.165) is 30.7 Å². The van der Waals surface area contributed by atoms with Crippen molar-refractivity contribution in [3.8, 4) is 0 Å². The van der Waals surface area contributed by atoms with Gasteiger partial charge in [-0.15, -0.1) is 0 Å². The molecular weight excluding hydrogens is 255 g/mol. The largest absolute Gasteiger partial charge is 0.375 e. The van der Waals surface area contributed by atoms with Gasteiger partial charge in [0.1, 0.15) is 5.82 Å². The molecule has 3 nitrogen and oxygen atoms in total. The summed E-state index contributed by atoms with van der Waals surface area (Å²) in [6.45, 7) is 4.22. The Balaban J connectivity index is 1.88. The van der Waals surface area contributed by atoms with Crippen LogP contribution in [0.5, 0.6) is 0 Å². The number of nitrogens with zero attached hydrogens (tertiary/aromatic N) is 1. The predicted octanol–water partition coefficient (Wildman–Crippen LogP) is 2.39. The van der Waals surface area contributed by atoms with Gasteiger partial charge in [0.25, 0.3) is 0 Å². The Morgan fingerprint density at radius 1 is 1.45 bits per heavy atom. The fraction of sp³-hybridized carbons (Fsp3) is 0.625. The first-order valence-electron chi connectivity index (χ1n) is 7.54. The highest BCUT2D eigenvalue weighted by Crippen LogP contribution is 2.35. The standard InChI is InChI=1S/C16H23FN2O/c1-11-9-12(17)5-6-13(11)15(10-18)19-7-8-20-16-4-2-3-14(16)19/h5-6,9,14-16H,2-4,7-8,10,18H2,1H3. The molecule has 4 heteroatoms. The summed E-state index contributed by atoms with van der Waals surface area (Å²) in [7, 11) is 0. The van der Waals surface area contributed by atoms with Gasteiger partial charge in [0, 0.05) is 25.2 Å². The van der Waals surface area contributed by atoms with Crippen LogP contribution in [0, 0.1) is 12.7 Å². The van der Waals surface area contributed by atoms with Crippen molar-refractivity contribution in [3.05, 3.63) is 35.1 Å². The molecule has 2 fully saturated rings. The number of hydrogen-bond donors (Lipinski definition) is 1. The molecule has 0 spiro atoms. The number of hydrogen-bond acceptors (Lipinski definition) is 3. The zero-order valence-corrected chi connectivity index (χ0v) is 12.0. The lowest BCUT2D eigenvalue weighted by Gasteiger charge is -2.42. The van der Waals surface area contributed by atoms with Gasteiger partial charge in [0.2, 0.25) is 0 Å². The van der Waals surface area contributed by atoms with Crippen LogP contribution in [0.3, 0.4) is 0 Å². The second-order valence-corrected chi connectivity index (χ2v) is 5.90. The summed E-state index contributed by atoms with van der Waals surface area (Å²) >= 11 is 0. The van der Waals surface area contributed by atoms with E-state index >= 15 is 0 Å². The minimum atomic E-state index is -0.178. The quantitative estimate of drug-likeness (QED) is 0.922. The van der Waals surface area contributed by atoms with Crippen LogP contribution in [0.15, 0.2) is 18.2 Å². The molecule has 3 atom stereocenters. The van der Waals surface area contributed by atoms with E-state index in [4.69, 9.17) is 10.5 Å². The van der Waals surface area contributed by atoms with Crippen molar-refractivity contribution in [3.63, 3.8) is 0 Å². The highest BCUT2D eigenvalue weighted by atomic mass is 19.1. The highest BCUT2D eigenvalue weighted by molar-refractivity contribution is 5.30. The maximum atomic E-state index is 13.3. The third-order valence-electron chi connectivity index (χ3n) is 4.74. The van der Waals surface area contributed by atoms with Crippen LogP contribution in [0.4, 0.5) is 4.39 Å². The zero-order valence-electron chi connectivity index (χ0n) is 12.0. The van der Waals surface area contributed by atoms with Gasteiger partial charge in [-0.2, -0.15) is 0 Å². The van der Waals surface area contributed by atoms with E-state index < -0.39 is 0 Å². The van der Waals surface area contributed by atoms with E-state index in [-0.39, 0.29) is 11.9 Å². The topological polar surface area (TPSA) is 38.5 Å². The molecule has 0 bridgehead atoms. The number of fused-ring (bicyclic) bond motifs is 1. The summed E-state index contributed by atoms with van der Waals surface area (Å²) in [5, 5.41) is 0. The lowest BCUT2D eigenvalue weighted by atomic mass is 9.97.